The van der Waals surface area contributed by atoms with Gasteiger partial charge in [-0.05, 0) is 54.3 Å². The molecule has 0 aliphatic carbocycles. The molecule has 2 aromatic carbocycles. The molecule has 1 aliphatic rings. The van der Waals surface area contributed by atoms with Crippen LogP contribution in [0.3, 0.4) is 0 Å². The molecule has 1 amide bonds. The van der Waals surface area contributed by atoms with Crippen LogP contribution >= 0.6 is 11.8 Å². The van der Waals surface area contributed by atoms with E-state index in [1.165, 1.54) is 0 Å². The number of fused-ring (bicyclic) bond motifs is 1. The third kappa shape index (κ3) is 4.64. The van der Waals surface area contributed by atoms with Crippen molar-refractivity contribution in [2.75, 3.05) is 18.4 Å². The topological polar surface area (TPSA) is 48.1 Å². The van der Waals surface area contributed by atoms with Crippen molar-refractivity contribution in [3.63, 3.8) is 0 Å². The van der Waals surface area contributed by atoms with Crippen LogP contribution in [0.1, 0.15) is 44.4 Å². The maximum Gasteiger partial charge on any atom is 0.219 e. The van der Waals surface area contributed by atoms with Crippen LogP contribution in [0.15, 0.2) is 47.4 Å². The number of carbonyl (C=O) groups is 1. The molecule has 0 radical (unpaired) electrons. The van der Waals surface area contributed by atoms with Crippen LogP contribution < -0.4 is 5.32 Å². The van der Waals surface area contributed by atoms with E-state index in [1.807, 2.05) is 23.1 Å². The van der Waals surface area contributed by atoms with Crippen molar-refractivity contribution < 1.29 is 9.18 Å². The number of likely N-dealkylation sites (tertiary alicyclic amines) is 1. The summed E-state index contributed by atoms with van der Waals surface area (Å²) in [4.78, 5) is 17.9. The molecule has 1 aromatic heterocycles. The Labute approximate surface area is 181 Å². The van der Waals surface area contributed by atoms with Crippen molar-refractivity contribution in [2.45, 2.75) is 49.8 Å². The average molecular weight is 426 g/mol. The number of H-pyrrole nitrogens is 1. The molecule has 1 fully saturated rings. The Morgan fingerprint density at radius 1 is 1.30 bits per heavy atom. The van der Waals surface area contributed by atoms with Crippen LogP contribution in [-0.4, -0.2) is 34.9 Å². The minimum absolute atomic E-state index is 0.135. The van der Waals surface area contributed by atoms with E-state index in [4.69, 9.17) is 0 Å². The van der Waals surface area contributed by atoms with Gasteiger partial charge in [-0.25, -0.2) is 4.39 Å². The number of aromatic amines is 1. The second-order valence-electron chi connectivity index (χ2n) is 8.33. The number of carbonyl (C=O) groups excluding carboxylic acids is 1. The summed E-state index contributed by atoms with van der Waals surface area (Å²) in [5, 5.41) is 4.20. The first kappa shape index (κ1) is 20.8. The highest BCUT2D eigenvalue weighted by molar-refractivity contribution is 7.98. The van der Waals surface area contributed by atoms with Crippen LogP contribution in [-0.2, 0) is 10.5 Å². The molecule has 0 spiro atoms. The Morgan fingerprint density at radius 2 is 2.13 bits per heavy atom. The first-order chi connectivity index (χ1) is 14.4. The number of hydrogen-bond donors (Lipinski definition) is 2. The van der Waals surface area contributed by atoms with Gasteiger partial charge in [0.1, 0.15) is 5.82 Å². The summed E-state index contributed by atoms with van der Waals surface area (Å²) in [5.74, 6) is 1.01. The van der Waals surface area contributed by atoms with E-state index < -0.39 is 0 Å². The van der Waals surface area contributed by atoms with E-state index >= 15 is 0 Å². The van der Waals surface area contributed by atoms with Crippen molar-refractivity contribution in [3.05, 3.63) is 59.5 Å². The number of nitrogens with one attached hydrogen (secondary N) is 2. The molecule has 3 aromatic rings. The lowest BCUT2D eigenvalue weighted by Crippen LogP contribution is -2.29. The lowest BCUT2D eigenvalue weighted by Gasteiger charge is -2.16. The van der Waals surface area contributed by atoms with Gasteiger partial charge in [-0.2, -0.15) is 0 Å². The molecular formula is C24H28FN3OS. The molecule has 1 atom stereocenters. The lowest BCUT2D eigenvalue weighted by atomic mass is 10.1. The molecule has 158 valence electrons. The summed E-state index contributed by atoms with van der Waals surface area (Å²) in [5.41, 5.74) is 3.94. The summed E-state index contributed by atoms with van der Waals surface area (Å²) in [6, 6.07) is 14.2. The molecule has 6 heteroatoms. The number of aromatic nitrogens is 1. The summed E-state index contributed by atoms with van der Waals surface area (Å²) in [6.45, 7) is 7.39. The molecule has 30 heavy (non-hydrogen) atoms. The molecule has 1 aliphatic heterocycles. The number of thioether (sulfide) groups is 1. The zero-order chi connectivity index (χ0) is 21.3. The fourth-order valence-corrected chi connectivity index (χ4v) is 4.79. The number of benzene rings is 2. The van der Waals surface area contributed by atoms with E-state index in [9.17, 15) is 9.18 Å². The molecule has 1 saturated heterocycles. The monoisotopic (exact) mass is 425 g/mol. The van der Waals surface area contributed by atoms with Gasteiger partial charge >= 0.3 is 0 Å². The molecule has 2 N–H and O–H groups in total. The standard InChI is InChI=1S/C24H28FN3OS/c1-15(2)23-12-21-22(25)9-17(10-24(21)27-23)14-30-20-6-4-5-18(11-20)26-19-7-8-28(13-19)16(3)29/h4-6,9-12,15,19,26-27H,7-8,13-14H2,1-3H3/t19-/m1/s1. The van der Waals surface area contributed by atoms with Crippen molar-refractivity contribution >= 4 is 34.3 Å². The number of nitrogens with zero attached hydrogens (tertiary/aromatic N) is 1. The highest BCUT2D eigenvalue weighted by Gasteiger charge is 2.23. The van der Waals surface area contributed by atoms with Gasteiger partial charge in [0.15, 0.2) is 0 Å². The Kier molecular flexibility index (Phi) is 6.04. The van der Waals surface area contributed by atoms with E-state index in [2.05, 4.69) is 42.3 Å². The van der Waals surface area contributed by atoms with Gasteiger partial charge in [0.25, 0.3) is 0 Å². The predicted molar refractivity (Wildman–Crippen MR) is 123 cm³/mol. The van der Waals surface area contributed by atoms with Gasteiger partial charge < -0.3 is 15.2 Å². The third-order valence-corrected chi connectivity index (χ3v) is 6.70. The van der Waals surface area contributed by atoms with Gasteiger partial charge in [-0.15, -0.1) is 11.8 Å². The number of anilines is 1. The minimum Gasteiger partial charge on any atom is -0.380 e. The lowest BCUT2D eigenvalue weighted by molar-refractivity contribution is -0.127. The van der Waals surface area contributed by atoms with Gasteiger partial charge in [-0.3, -0.25) is 4.79 Å². The maximum atomic E-state index is 14.6. The fraction of sp³-hybridized carbons (Fsp3) is 0.375. The first-order valence-electron chi connectivity index (χ1n) is 10.4. The summed E-state index contributed by atoms with van der Waals surface area (Å²) in [7, 11) is 0. The van der Waals surface area contributed by atoms with E-state index in [0.717, 1.165) is 46.9 Å². The molecule has 4 nitrogen and oxygen atoms in total. The quantitative estimate of drug-likeness (QED) is 0.494. The van der Waals surface area contributed by atoms with Crippen molar-refractivity contribution in [1.29, 1.82) is 0 Å². The molecule has 2 heterocycles. The first-order valence-corrected chi connectivity index (χ1v) is 11.4. The fourth-order valence-electron chi connectivity index (χ4n) is 3.91. The molecule has 0 bridgehead atoms. The number of rotatable bonds is 6. The van der Waals surface area contributed by atoms with Crippen molar-refractivity contribution in [1.82, 2.24) is 9.88 Å². The highest BCUT2D eigenvalue weighted by atomic mass is 32.2. The summed E-state index contributed by atoms with van der Waals surface area (Å²) in [6.07, 6.45) is 0.963. The molecule has 0 unspecified atom stereocenters. The van der Waals surface area contributed by atoms with Gasteiger partial charge in [0.05, 0.1) is 0 Å². The Balaban J connectivity index is 1.41. The minimum atomic E-state index is -0.169. The zero-order valence-electron chi connectivity index (χ0n) is 17.7. The van der Waals surface area contributed by atoms with Crippen LogP contribution in [0, 0.1) is 5.82 Å². The van der Waals surface area contributed by atoms with E-state index in [-0.39, 0.29) is 17.8 Å². The highest BCUT2D eigenvalue weighted by Crippen LogP contribution is 2.30. The number of amides is 1. The second-order valence-corrected chi connectivity index (χ2v) is 9.38. The van der Waals surface area contributed by atoms with Crippen molar-refractivity contribution in [3.8, 4) is 0 Å². The van der Waals surface area contributed by atoms with Crippen LogP contribution in [0.4, 0.5) is 10.1 Å². The predicted octanol–water partition coefficient (Wildman–Crippen LogP) is 5.76. The van der Waals surface area contributed by atoms with Gasteiger partial charge in [0, 0.05) is 59.0 Å². The van der Waals surface area contributed by atoms with Gasteiger partial charge in [0.2, 0.25) is 5.91 Å². The van der Waals surface area contributed by atoms with Crippen LogP contribution in [0.25, 0.3) is 10.9 Å². The molecular weight excluding hydrogens is 397 g/mol. The SMILES string of the molecule is CC(=O)N1CC[C@@H](Nc2cccc(SCc3cc(F)c4cc(C(C)C)[nH]c4c3)c2)C1. The average Bonchev–Trinajstić information content (AvgIpc) is 3.34. The molecule has 4 rings (SSSR count). The summed E-state index contributed by atoms with van der Waals surface area (Å²) >= 11 is 1.70. The van der Waals surface area contributed by atoms with Gasteiger partial charge in [-0.1, -0.05) is 19.9 Å². The van der Waals surface area contributed by atoms with E-state index in [1.54, 1.807) is 24.8 Å². The Morgan fingerprint density at radius 3 is 2.87 bits per heavy atom. The third-order valence-electron chi connectivity index (χ3n) is 5.63. The second kappa shape index (κ2) is 8.72. The normalized spacial score (nSPS) is 16.6. The Bertz CT molecular complexity index is 1060. The largest absolute Gasteiger partial charge is 0.380 e. The van der Waals surface area contributed by atoms with Crippen LogP contribution in [0.5, 0.6) is 0 Å². The van der Waals surface area contributed by atoms with E-state index in [0.29, 0.717) is 17.1 Å². The Hall–Kier alpha value is -2.47. The number of halogens is 1. The zero-order valence-corrected chi connectivity index (χ0v) is 18.5. The van der Waals surface area contributed by atoms with Crippen molar-refractivity contribution in [2.24, 2.45) is 0 Å². The smallest absolute Gasteiger partial charge is 0.219 e. The maximum absolute atomic E-state index is 14.6. The number of hydrogen-bond acceptors (Lipinski definition) is 3. The molecule has 0 saturated carbocycles. The van der Waals surface area contributed by atoms with Crippen LogP contribution in [0.2, 0.25) is 0 Å². The summed E-state index contributed by atoms with van der Waals surface area (Å²) < 4.78 is 14.6.